The zero-order valence-electron chi connectivity index (χ0n) is 19.6. The van der Waals surface area contributed by atoms with Crippen molar-refractivity contribution in [1.82, 2.24) is 14.9 Å². The summed E-state index contributed by atoms with van der Waals surface area (Å²) in [4.78, 5) is 17.2. The predicted molar refractivity (Wildman–Crippen MR) is 133 cm³/mol. The average Bonchev–Trinajstić information content (AvgIpc) is 3.16. The molecule has 0 bridgehead atoms. The summed E-state index contributed by atoms with van der Waals surface area (Å²) >= 11 is 0. The normalized spacial score (nSPS) is 11.0. The van der Waals surface area contributed by atoms with Crippen LogP contribution < -0.4 is 10.1 Å². The van der Waals surface area contributed by atoms with E-state index in [1.807, 2.05) is 55.5 Å². The molecular weight excluding hydrogens is 410 g/mol. The van der Waals surface area contributed by atoms with Crippen LogP contribution in [0.5, 0.6) is 5.75 Å². The van der Waals surface area contributed by atoms with E-state index in [0.29, 0.717) is 18.7 Å². The zero-order valence-corrected chi connectivity index (χ0v) is 19.6. The van der Waals surface area contributed by atoms with E-state index >= 15 is 0 Å². The van der Waals surface area contributed by atoms with Crippen molar-refractivity contribution in [3.05, 3.63) is 94.8 Å². The minimum Gasteiger partial charge on any atom is -0.492 e. The van der Waals surface area contributed by atoms with Crippen molar-refractivity contribution in [3.63, 3.8) is 0 Å². The van der Waals surface area contributed by atoms with Gasteiger partial charge in [0.15, 0.2) is 0 Å². The second-order valence-corrected chi connectivity index (χ2v) is 8.49. The Labute approximate surface area is 195 Å². The van der Waals surface area contributed by atoms with Crippen LogP contribution in [-0.4, -0.2) is 28.6 Å². The van der Waals surface area contributed by atoms with Crippen LogP contribution in [0, 0.1) is 20.8 Å². The summed E-state index contributed by atoms with van der Waals surface area (Å²) < 4.78 is 8.26. The first-order valence-corrected chi connectivity index (χ1v) is 11.5. The van der Waals surface area contributed by atoms with Crippen molar-refractivity contribution in [1.29, 1.82) is 0 Å². The first kappa shape index (κ1) is 22.6. The number of amides is 1. The van der Waals surface area contributed by atoms with Gasteiger partial charge in [0, 0.05) is 18.5 Å². The number of rotatable bonds is 9. The number of hydrogen-bond acceptors (Lipinski definition) is 3. The monoisotopic (exact) mass is 441 g/mol. The fourth-order valence-corrected chi connectivity index (χ4v) is 3.96. The number of aryl methyl sites for hydroxylation is 4. The number of benzene rings is 3. The fraction of sp³-hybridized carbons (Fsp3) is 0.286. The molecule has 0 spiro atoms. The lowest BCUT2D eigenvalue weighted by Gasteiger charge is -2.12. The maximum absolute atomic E-state index is 12.4. The van der Waals surface area contributed by atoms with Crippen LogP contribution in [0.2, 0.25) is 0 Å². The molecule has 4 rings (SSSR count). The van der Waals surface area contributed by atoms with Crippen LogP contribution in [0.3, 0.4) is 0 Å². The Hall–Kier alpha value is -3.60. The summed E-state index contributed by atoms with van der Waals surface area (Å²) in [7, 11) is 0. The van der Waals surface area contributed by atoms with Gasteiger partial charge in [0.05, 0.1) is 17.6 Å². The van der Waals surface area contributed by atoms with Crippen molar-refractivity contribution >= 4 is 16.9 Å². The molecule has 0 radical (unpaired) electrons. The van der Waals surface area contributed by atoms with Crippen molar-refractivity contribution in [2.24, 2.45) is 0 Å². The number of imidazole rings is 1. The van der Waals surface area contributed by atoms with Crippen LogP contribution >= 0.6 is 0 Å². The first-order valence-electron chi connectivity index (χ1n) is 11.5. The number of hydrogen-bond donors (Lipinski definition) is 1. The maximum atomic E-state index is 12.4. The quantitative estimate of drug-likeness (QED) is 0.354. The molecule has 1 aromatic heterocycles. The third kappa shape index (κ3) is 5.61. The summed E-state index contributed by atoms with van der Waals surface area (Å²) in [5.41, 5.74) is 6.38. The van der Waals surface area contributed by atoms with Gasteiger partial charge in [-0.1, -0.05) is 35.9 Å². The molecule has 33 heavy (non-hydrogen) atoms. The predicted octanol–water partition coefficient (Wildman–Crippen LogP) is 5.40. The standard InChI is InChI=1S/C28H31N3O2/c1-20-8-6-9-23(18-20)28(32)29-15-7-12-27-30-25-10-4-5-11-26(25)31(27)16-17-33-24-14-13-21(2)22(3)19-24/h4-6,8-11,13-14,18-19H,7,12,15-17H2,1-3H3,(H,29,32). The van der Waals surface area contributed by atoms with Gasteiger partial charge in [-0.25, -0.2) is 4.98 Å². The zero-order chi connectivity index (χ0) is 23.2. The van der Waals surface area contributed by atoms with E-state index in [-0.39, 0.29) is 5.91 Å². The van der Waals surface area contributed by atoms with Crippen LogP contribution in [-0.2, 0) is 13.0 Å². The number of carbonyl (C=O) groups excluding carboxylic acids is 1. The molecule has 1 amide bonds. The van der Waals surface area contributed by atoms with E-state index in [4.69, 9.17) is 9.72 Å². The maximum Gasteiger partial charge on any atom is 0.251 e. The molecule has 0 atom stereocenters. The molecular formula is C28H31N3O2. The molecule has 0 aliphatic rings. The van der Waals surface area contributed by atoms with Crippen molar-refractivity contribution in [2.75, 3.05) is 13.2 Å². The lowest BCUT2D eigenvalue weighted by molar-refractivity contribution is 0.0953. The molecule has 3 aromatic carbocycles. The highest BCUT2D eigenvalue weighted by molar-refractivity contribution is 5.94. The largest absolute Gasteiger partial charge is 0.492 e. The topological polar surface area (TPSA) is 56.2 Å². The molecule has 4 aromatic rings. The average molecular weight is 442 g/mol. The third-order valence-corrected chi connectivity index (χ3v) is 5.94. The number of para-hydroxylation sites is 2. The highest BCUT2D eigenvalue weighted by atomic mass is 16.5. The van der Waals surface area contributed by atoms with E-state index in [1.54, 1.807) is 0 Å². The Kier molecular flexibility index (Phi) is 7.08. The van der Waals surface area contributed by atoms with Gasteiger partial charge in [-0.15, -0.1) is 0 Å². The second kappa shape index (κ2) is 10.3. The number of aromatic nitrogens is 2. The van der Waals surface area contributed by atoms with Gasteiger partial charge < -0.3 is 14.6 Å². The van der Waals surface area contributed by atoms with E-state index in [9.17, 15) is 4.79 Å². The van der Waals surface area contributed by atoms with Gasteiger partial charge in [0.1, 0.15) is 18.2 Å². The van der Waals surface area contributed by atoms with Crippen LogP contribution in [0.25, 0.3) is 11.0 Å². The third-order valence-electron chi connectivity index (χ3n) is 5.94. The van der Waals surface area contributed by atoms with Gasteiger partial charge >= 0.3 is 0 Å². The molecule has 0 unspecified atom stereocenters. The van der Waals surface area contributed by atoms with Crippen molar-refractivity contribution in [3.8, 4) is 5.75 Å². The smallest absolute Gasteiger partial charge is 0.251 e. The molecule has 0 aliphatic heterocycles. The summed E-state index contributed by atoms with van der Waals surface area (Å²) in [6.07, 6.45) is 1.60. The molecule has 0 saturated carbocycles. The van der Waals surface area contributed by atoms with E-state index in [0.717, 1.165) is 47.6 Å². The van der Waals surface area contributed by atoms with Gasteiger partial charge in [-0.2, -0.15) is 0 Å². The van der Waals surface area contributed by atoms with Gasteiger partial charge in [-0.3, -0.25) is 4.79 Å². The highest BCUT2D eigenvalue weighted by Crippen LogP contribution is 2.19. The molecule has 0 aliphatic carbocycles. The van der Waals surface area contributed by atoms with E-state index in [1.165, 1.54) is 11.1 Å². The van der Waals surface area contributed by atoms with Gasteiger partial charge in [0.2, 0.25) is 0 Å². The summed E-state index contributed by atoms with van der Waals surface area (Å²) in [5, 5.41) is 3.02. The Morgan fingerprint density at radius 3 is 2.64 bits per heavy atom. The Morgan fingerprint density at radius 1 is 0.970 bits per heavy atom. The van der Waals surface area contributed by atoms with E-state index in [2.05, 4.69) is 41.9 Å². The number of ether oxygens (including phenoxy) is 1. The minimum atomic E-state index is -0.0333. The SMILES string of the molecule is Cc1cccc(C(=O)NCCCc2nc3ccccc3n2CCOc2ccc(C)c(C)c2)c1. The molecule has 5 heteroatoms. The van der Waals surface area contributed by atoms with Gasteiger partial charge in [0.25, 0.3) is 5.91 Å². The Bertz CT molecular complexity index is 1260. The summed E-state index contributed by atoms with van der Waals surface area (Å²) in [5.74, 6) is 1.88. The highest BCUT2D eigenvalue weighted by Gasteiger charge is 2.11. The van der Waals surface area contributed by atoms with Crippen molar-refractivity contribution in [2.45, 2.75) is 40.2 Å². The van der Waals surface area contributed by atoms with Crippen molar-refractivity contribution < 1.29 is 9.53 Å². The number of carbonyl (C=O) groups is 1. The Balaban J connectivity index is 1.37. The van der Waals surface area contributed by atoms with Gasteiger partial charge in [-0.05, 0) is 74.7 Å². The molecule has 1 heterocycles. The lowest BCUT2D eigenvalue weighted by atomic mass is 10.1. The molecule has 1 N–H and O–H groups in total. The summed E-state index contributed by atoms with van der Waals surface area (Å²) in [6, 6.07) is 22.0. The molecule has 0 saturated heterocycles. The second-order valence-electron chi connectivity index (χ2n) is 8.49. The number of nitrogens with one attached hydrogen (secondary N) is 1. The minimum absolute atomic E-state index is 0.0333. The lowest BCUT2D eigenvalue weighted by Crippen LogP contribution is -2.25. The van der Waals surface area contributed by atoms with E-state index < -0.39 is 0 Å². The summed E-state index contributed by atoms with van der Waals surface area (Å²) in [6.45, 7) is 8.09. The Morgan fingerprint density at radius 2 is 1.82 bits per heavy atom. The molecule has 5 nitrogen and oxygen atoms in total. The van der Waals surface area contributed by atoms with Crippen LogP contribution in [0.15, 0.2) is 66.7 Å². The molecule has 170 valence electrons. The molecule has 0 fully saturated rings. The number of fused-ring (bicyclic) bond motifs is 1. The van der Waals surface area contributed by atoms with Crippen LogP contribution in [0.1, 0.15) is 39.3 Å². The van der Waals surface area contributed by atoms with Crippen LogP contribution in [0.4, 0.5) is 0 Å². The first-order chi connectivity index (χ1) is 16.0. The fourth-order valence-electron chi connectivity index (χ4n) is 3.96. The number of nitrogens with zero attached hydrogens (tertiary/aromatic N) is 2.